The van der Waals surface area contributed by atoms with Gasteiger partial charge in [0.25, 0.3) is 15.9 Å². The SMILES string of the molecule is O=C(NS(=O)(=O)c1ccc(Oc2ccccc2)cc1)c1ccc(CO)nc1. The zero-order chi connectivity index (χ0) is 19.3. The summed E-state index contributed by atoms with van der Waals surface area (Å²) in [6.45, 7) is -0.266. The van der Waals surface area contributed by atoms with E-state index in [4.69, 9.17) is 9.84 Å². The van der Waals surface area contributed by atoms with E-state index in [9.17, 15) is 13.2 Å². The molecule has 0 unspecified atom stereocenters. The van der Waals surface area contributed by atoms with E-state index in [1.165, 1.54) is 42.6 Å². The van der Waals surface area contributed by atoms with Gasteiger partial charge >= 0.3 is 0 Å². The Morgan fingerprint density at radius 1 is 0.963 bits per heavy atom. The van der Waals surface area contributed by atoms with E-state index in [0.29, 0.717) is 17.2 Å². The molecule has 8 heteroatoms. The van der Waals surface area contributed by atoms with Gasteiger partial charge in [-0.15, -0.1) is 0 Å². The highest BCUT2D eigenvalue weighted by Gasteiger charge is 2.19. The molecule has 0 spiro atoms. The first-order valence-corrected chi connectivity index (χ1v) is 9.42. The number of sulfonamides is 1. The van der Waals surface area contributed by atoms with Crippen molar-refractivity contribution in [3.05, 3.63) is 84.2 Å². The number of nitrogens with one attached hydrogen (secondary N) is 1. The van der Waals surface area contributed by atoms with E-state index in [2.05, 4.69) is 4.98 Å². The summed E-state index contributed by atoms with van der Waals surface area (Å²) in [6, 6.07) is 17.6. The first-order chi connectivity index (χ1) is 13.0. The molecule has 0 saturated heterocycles. The summed E-state index contributed by atoms with van der Waals surface area (Å²) in [5.74, 6) is 0.284. The van der Waals surface area contributed by atoms with Gasteiger partial charge in [-0.3, -0.25) is 9.78 Å². The van der Waals surface area contributed by atoms with Gasteiger partial charge in [0, 0.05) is 6.20 Å². The molecule has 1 aromatic heterocycles. The number of aliphatic hydroxyl groups is 1. The van der Waals surface area contributed by atoms with Crippen molar-refractivity contribution in [1.29, 1.82) is 0 Å². The molecule has 3 aromatic rings. The number of pyridine rings is 1. The third kappa shape index (κ3) is 4.69. The number of hydrogen-bond acceptors (Lipinski definition) is 6. The normalized spacial score (nSPS) is 11.0. The Bertz CT molecular complexity index is 1020. The van der Waals surface area contributed by atoms with Gasteiger partial charge < -0.3 is 9.84 Å². The summed E-state index contributed by atoms with van der Waals surface area (Å²) in [5.41, 5.74) is 0.447. The molecule has 0 aliphatic carbocycles. The van der Waals surface area contributed by atoms with Gasteiger partial charge in [-0.05, 0) is 48.5 Å². The van der Waals surface area contributed by atoms with Crippen molar-refractivity contribution < 1.29 is 23.1 Å². The van der Waals surface area contributed by atoms with Crippen molar-refractivity contribution in [3.8, 4) is 11.5 Å². The van der Waals surface area contributed by atoms with Crippen molar-refractivity contribution in [3.63, 3.8) is 0 Å². The number of amides is 1. The van der Waals surface area contributed by atoms with Gasteiger partial charge in [0.2, 0.25) is 0 Å². The highest BCUT2D eigenvalue weighted by atomic mass is 32.2. The van der Waals surface area contributed by atoms with Gasteiger partial charge in [0.15, 0.2) is 0 Å². The maximum Gasteiger partial charge on any atom is 0.266 e. The Morgan fingerprint density at radius 3 is 2.22 bits per heavy atom. The van der Waals surface area contributed by atoms with E-state index >= 15 is 0 Å². The Balaban J connectivity index is 1.71. The lowest BCUT2D eigenvalue weighted by atomic mass is 10.2. The van der Waals surface area contributed by atoms with Crippen LogP contribution >= 0.6 is 0 Å². The Hall–Kier alpha value is -3.23. The standard InChI is InChI=1S/C19H16N2O5S/c22-13-15-7-6-14(12-20-15)19(23)21-27(24,25)18-10-8-17(9-11-18)26-16-4-2-1-3-5-16/h1-12,22H,13H2,(H,21,23). The molecule has 3 rings (SSSR count). The molecule has 27 heavy (non-hydrogen) atoms. The maximum atomic E-state index is 12.4. The first kappa shape index (κ1) is 18.6. The number of rotatable bonds is 6. The molecule has 138 valence electrons. The number of benzene rings is 2. The van der Waals surface area contributed by atoms with E-state index in [1.807, 2.05) is 22.9 Å². The number of aromatic nitrogens is 1. The monoisotopic (exact) mass is 384 g/mol. The average Bonchev–Trinajstić information content (AvgIpc) is 2.69. The van der Waals surface area contributed by atoms with Crippen LogP contribution in [0.3, 0.4) is 0 Å². The first-order valence-electron chi connectivity index (χ1n) is 7.94. The van der Waals surface area contributed by atoms with Gasteiger partial charge in [0.1, 0.15) is 11.5 Å². The quantitative estimate of drug-likeness (QED) is 0.676. The number of carbonyl (C=O) groups is 1. The lowest BCUT2D eigenvalue weighted by molar-refractivity contribution is 0.0981. The summed E-state index contributed by atoms with van der Waals surface area (Å²) in [5, 5.41) is 8.95. The number of carbonyl (C=O) groups excluding carboxylic acids is 1. The Morgan fingerprint density at radius 2 is 1.63 bits per heavy atom. The fourth-order valence-electron chi connectivity index (χ4n) is 2.20. The van der Waals surface area contributed by atoms with E-state index < -0.39 is 15.9 Å². The van der Waals surface area contributed by atoms with Crippen LogP contribution < -0.4 is 9.46 Å². The van der Waals surface area contributed by atoms with E-state index in [1.54, 1.807) is 12.1 Å². The fourth-order valence-corrected chi connectivity index (χ4v) is 3.18. The smallest absolute Gasteiger partial charge is 0.266 e. The van der Waals surface area contributed by atoms with Crippen LogP contribution in [0.5, 0.6) is 11.5 Å². The highest BCUT2D eigenvalue weighted by Crippen LogP contribution is 2.22. The van der Waals surface area contributed by atoms with Crippen LogP contribution in [0.25, 0.3) is 0 Å². The third-order valence-corrected chi connectivity index (χ3v) is 4.94. The maximum absolute atomic E-state index is 12.4. The number of nitrogens with zero attached hydrogens (tertiary/aromatic N) is 1. The molecule has 0 atom stereocenters. The summed E-state index contributed by atoms with van der Waals surface area (Å²) in [7, 11) is -4.05. The Kier molecular flexibility index (Phi) is 5.49. The number of aliphatic hydroxyl groups excluding tert-OH is 1. The molecular formula is C19H16N2O5S. The molecule has 0 bridgehead atoms. The molecule has 0 radical (unpaired) electrons. The molecular weight excluding hydrogens is 368 g/mol. The molecule has 0 aliphatic rings. The summed E-state index contributed by atoms with van der Waals surface area (Å²) < 4.78 is 32.3. The minimum absolute atomic E-state index is 0.0693. The van der Waals surface area contributed by atoms with Crippen molar-refractivity contribution in [2.24, 2.45) is 0 Å². The molecule has 1 heterocycles. The summed E-state index contributed by atoms with van der Waals surface area (Å²) in [4.78, 5) is 15.9. The van der Waals surface area contributed by atoms with Gasteiger partial charge in [-0.25, -0.2) is 13.1 Å². The van der Waals surface area contributed by atoms with Crippen LogP contribution in [-0.2, 0) is 16.6 Å². The van der Waals surface area contributed by atoms with Gasteiger partial charge in [0.05, 0.1) is 22.8 Å². The van der Waals surface area contributed by atoms with Crippen LogP contribution in [0.15, 0.2) is 77.8 Å². The lowest BCUT2D eigenvalue weighted by Gasteiger charge is -2.09. The van der Waals surface area contributed by atoms with Gasteiger partial charge in [-0.2, -0.15) is 0 Å². The van der Waals surface area contributed by atoms with E-state index in [-0.39, 0.29) is 17.1 Å². The third-order valence-electron chi connectivity index (χ3n) is 3.59. The number of hydrogen-bond donors (Lipinski definition) is 2. The van der Waals surface area contributed by atoms with Crippen LogP contribution in [0.4, 0.5) is 0 Å². The van der Waals surface area contributed by atoms with Crippen LogP contribution in [0.2, 0.25) is 0 Å². The van der Waals surface area contributed by atoms with Crippen molar-refractivity contribution in [2.45, 2.75) is 11.5 Å². The van der Waals surface area contributed by atoms with Crippen LogP contribution in [-0.4, -0.2) is 24.4 Å². The Labute approximate surface area is 156 Å². The second-order valence-electron chi connectivity index (χ2n) is 5.52. The van der Waals surface area contributed by atoms with Crippen molar-refractivity contribution in [1.82, 2.24) is 9.71 Å². The summed E-state index contributed by atoms with van der Waals surface area (Å²) in [6.07, 6.45) is 1.20. The number of ether oxygens (including phenoxy) is 1. The molecule has 2 N–H and O–H groups in total. The molecule has 0 fully saturated rings. The molecule has 0 aliphatic heterocycles. The van der Waals surface area contributed by atoms with Crippen LogP contribution in [0.1, 0.15) is 16.1 Å². The zero-order valence-electron chi connectivity index (χ0n) is 14.1. The lowest BCUT2D eigenvalue weighted by Crippen LogP contribution is -2.30. The average molecular weight is 384 g/mol. The predicted molar refractivity (Wildman–Crippen MR) is 97.8 cm³/mol. The predicted octanol–water partition coefficient (Wildman–Crippen LogP) is 2.48. The van der Waals surface area contributed by atoms with E-state index in [0.717, 1.165) is 0 Å². The molecule has 7 nitrogen and oxygen atoms in total. The van der Waals surface area contributed by atoms with Crippen LogP contribution in [0, 0.1) is 0 Å². The van der Waals surface area contributed by atoms with Crippen molar-refractivity contribution >= 4 is 15.9 Å². The highest BCUT2D eigenvalue weighted by molar-refractivity contribution is 7.90. The van der Waals surface area contributed by atoms with Crippen molar-refractivity contribution in [2.75, 3.05) is 0 Å². The largest absolute Gasteiger partial charge is 0.457 e. The fraction of sp³-hybridized carbons (Fsp3) is 0.0526. The molecule has 0 saturated carbocycles. The second kappa shape index (κ2) is 7.98. The molecule has 2 aromatic carbocycles. The zero-order valence-corrected chi connectivity index (χ0v) is 14.9. The minimum atomic E-state index is -4.05. The summed E-state index contributed by atoms with van der Waals surface area (Å²) >= 11 is 0. The number of para-hydroxylation sites is 1. The minimum Gasteiger partial charge on any atom is -0.457 e. The second-order valence-corrected chi connectivity index (χ2v) is 7.20. The van der Waals surface area contributed by atoms with Gasteiger partial charge in [-0.1, -0.05) is 18.2 Å². The molecule has 1 amide bonds. The topological polar surface area (TPSA) is 106 Å².